The van der Waals surface area contributed by atoms with E-state index in [0.29, 0.717) is 6.04 Å². The molecule has 1 N–H and O–H groups in total. The lowest BCUT2D eigenvalue weighted by atomic mass is 10.1. The smallest absolute Gasteiger partial charge is 0.00388 e. The van der Waals surface area contributed by atoms with Crippen LogP contribution in [0.25, 0.3) is 0 Å². The largest absolute Gasteiger partial charge is 0.314 e. The monoisotopic (exact) mass is 226 g/mol. The number of likely N-dealkylation sites (tertiary alicyclic amines) is 1. The Kier molecular flexibility index (Phi) is 6.37. The second kappa shape index (κ2) is 7.29. The van der Waals surface area contributed by atoms with Gasteiger partial charge in [0.25, 0.3) is 0 Å². The molecule has 0 bridgehead atoms. The van der Waals surface area contributed by atoms with Crippen molar-refractivity contribution in [2.75, 3.05) is 19.6 Å². The van der Waals surface area contributed by atoms with Crippen LogP contribution in [-0.2, 0) is 0 Å². The van der Waals surface area contributed by atoms with Crippen LogP contribution in [0.15, 0.2) is 0 Å². The Morgan fingerprint density at radius 3 is 2.62 bits per heavy atom. The van der Waals surface area contributed by atoms with Gasteiger partial charge in [0.05, 0.1) is 0 Å². The molecule has 2 heteroatoms. The summed E-state index contributed by atoms with van der Waals surface area (Å²) >= 11 is 0. The van der Waals surface area contributed by atoms with E-state index >= 15 is 0 Å². The van der Waals surface area contributed by atoms with Crippen LogP contribution >= 0.6 is 0 Å². The molecule has 0 aromatic rings. The zero-order valence-electron chi connectivity index (χ0n) is 11.6. The predicted molar refractivity (Wildman–Crippen MR) is 71.8 cm³/mol. The van der Waals surface area contributed by atoms with Crippen molar-refractivity contribution in [3.8, 4) is 0 Å². The van der Waals surface area contributed by atoms with Gasteiger partial charge in [-0.25, -0.2) is 0 Å². The minimum Gasteiger partial charge on any atom is -0.314 e. The molecule has 1 rings (SSSR count). The molecule has 96 valence electrons. The normalized spacial score (nSPS) is 24.2. The van der Waals surface area contributed by atoms with Crippen LogP contribution in [0.3, 0.4) is 0 Å². The standard InChI is InChI=1S/C14H30N2/c1-5-6-7-13(4)15-10-14-8-9-16(11-14)12(2)3/h12-15H,5-11H2,1-4H3. The molecule has 0 radical (unpaired) electrons. The van der Waals surface area contributed by atoms with Gasteiger partial charge in [0.2, 0.25) is 0 Å². The number of rotatable bonds is 7. The highest BCUT2D eigenvalue weighted by Gasteiger charge is 2.23. The van der Waals surface area contributed by atoms with Crippen LogP contribution in [-0.4, -0.2) is 36.6 Å². The van der Waals surface area contributed by atoms with E-state index in [0.717, 1.165) is 12.0 Å². The first-order valence-corrected chi connectivity index (χ1v) is 7.11. The molecule has 1 aliphatic heterocycles. The zero-order valence-corrected chi connectivity index (χ0v) is 11.6. The molecular formula is C14H30N2. The first-order chi connectivity index (χ1) is 7.63. The van der Waals surface area contributed by atoms with E-state index in [4.69, 9.17) is 0 Å². The van der Waals surface area contributed by atoms with Crippen LogP contribution in [0.5, 0.6) is 0 Å². The SMILES string of the molecule is CCCCC(C)NCC1CCN(C(C)C)C1. The number of nitrogens with one attached hydrogen (secondary N) is 1. The van der Waals surface area contributed by atoms with Crippen molar-refractivity contribution < 1.29 is 0 Å². The third-order valence-corrected chi connectivity index (χ3v) is 3.79. The van der Waals surface area contributed by atoms with Crippen molar-refractivity contribution in [1.29, 1.82) is 0 Å². The molecule has 0 amide bonds. The van der Waals surface area contributed by atoms with Crippen molar-refractivity contribution in [2.45, 2.75) is 65.5 Å². The van der Waals surface area contributed by atoms with Gasteiger partial charge in [-0.2, -0.15) is 0 Å². The zero-order chi connectivity index (χ0) is 12.0. The van der Waals surface area contributed by atoms with E-state index in [1.54, 1.807) is 0 Å². The highest BCUT2D eigenvalue weighted by molar-refractivity contribution is 4.79. The van der Waals surface area contributed by atoms with Gasteiger partial charge in [-0.05, 0) is 52.6 Å². The molecule has 2 unspecified atom stereocenters. The van der Waals surface area contributed by atoms with Crippen molar-refractivity contribution in [3.05, 3.63) is 0 Å². The lowest BCUT2D eigenvalue weighted by Crippen LogP contribution is -2.34. The lowest BCUT2D eigenvalue weighted by Gasteiger charge is -2.21. The molecule has 2 nitrogen and oxygen atoms in total. The van der Waals surface area contributed by atoms with Crippen LogP contribution in [0.2, 0.25) is 0 Å². The molecule has 1 fully saturated rings. The van der Waals surface area contributed by atoms with Gasteiger partial charge < -0.3 is 10.2 Å². The van der Waals surface area contributed by atoms with Crippen molar-refractivity contribution in [3.63, 3.8) is 0 Å². The van der Waals surface area contributed by atoms with Gasteiger partial charge in [0, 0.05) is 18.6 Å². The summed E-state index contributed by atoms with van der Waals surface area (Å²) in [5.41, 5.74) is 0. The van der Waals surface area contributed by atoms with Gasteiger partial charge in [-0.1, -0.05) is 19.8 Å². The second-order valence-electron chi connectivity index (χ2n) is 5.69. The first-order valence-electron chi connectivity index (χ1n) is 7.11. The summed E-state index contributed by atoms with van der Waals surface area (Å²) in [5, 5.41) is 3.69. The number of hydrogen-bond acceptors (Lipinski definition) is 2. The van der Waals surface area contributed by atoms with E-state index in [2.05, 4.69) is 37.9 Å². The third kappa shape index (κ3) is 4.84. The van der Waals surface area contributed by atoms with Crippen molar-refractivity contribution in [2.24, 2.45) is 5.92 Å². The Morgan fingerprint density at radius 1 is 1.31 bits per heavy atom. The molecule has 2 atom stereocenters. The minimum absolute atomic E-state index is 0.702. The van der Waals surface area contributed by atoms with E-state index in [1.807, 2.05) is 0 Å². The fourth-order valence-electron chi connectivity index (χ4n) is 2.48. The maximum Gasteiger partial charge on any atom is 0.00388 e. The quantitative estimate of drug-likeness (QED) is 0.718. The van der Waals surface area contributed by atoms with Crippen LogP contribution in [0, 0.1) is 5.92 Å². The maximum absolute atomic E-state index is 3.69. The fraction of sp³-hybridized carbons (Fsp3) is 1.00. The average molecular weight is 226 g/mol. The summed E-state index contributed by atoms with van der Waals surface area (Å²) in [6.45, 7) is 13.0. The second-order valence-corrected chi connectivity index (χ2v) is 5.69. The summed E-state index contributed by atoms with van der Waals surface area (Å²) in [5.74, 6) is 0.881. The molecule has 16 heavy (non-hydrogen) atoms. The molecule has 1 heterocycles. The molecular weight excluding hydrogens is 196 g/mol. The Labute approximate surface area is 102 Å². The summed E-state index contributed by atoms with van der Waals surface area (Å²) in [7, 11) is 0. The van der Waals surface area contributed by atoms with Crippen LogP contribution in [0.4, 0.5) is 0 Å². The van der Waals surface area contributed by atoms with Gasteiger partial charge >= 0.3 is 0 Å². The molecule has 1 aliphatic rings. The molecule has 0 aliphatic carbocycles. The van der Waals surface area contributed by atoms with Crippen LogP contribution < -0.4 is 5.32 Å². The van der Waals surface area contributed by atoms with Gasteiger partial charge in [-0.3, -0.25) is 0 Å². The van der Waals surface area contributed by atoms with E-state index in [-0.39, 0.29) is 0 Å². The summed E-state index contributed by atoms with van der Waals surface area (Å²) in [6, 6.07) is 1.43. The summed E-state index contributed by atoms with van der Waals surface area (Å²) in [4.78, 5) is 2.60. The van der Waals surface area contributed by atoms with Crippen LogP contribution in [0.1, 0.15) is 53.4 Å². The topological polar surface area (TPSA) is 15.3 Å². The van der Waals surface area contributed by atoms with Gasteiger partial charge in [0.15, 0.2) is 0 Å². The Bertz CT molecular complexity index is 180. The van der Waals surface area contributed by atoms with E-state index in [9.17, 15) is 0 Å². The number of hydrogen-bond donors (Lipinski definition) is 1. The number of unbranched alkanes of at least 4 members (excludes halogenated alkanes) is 1. The fourth-order valence-corrected chi connectivity index (χ4v) is 2.48. The van der Waals surface area contributed by atoms with Crippen molar-refractivity contribution in [1.82, 2.24) is 10.2 Å². The molecule has 0 aromatic heterocycles. The summed E-state index contributed by atoms with van der Waals surface area (Å²) < 4.78 is 0. The van der Waals surface area contributed by atoms with E-state index < -0.39 is 0 Å². The highest BCUT2D eigenvalue weighted by atomic mass is 15.2. The Balaban J connectivity index is 2.10. The third-order valence-electron chi connectivity index (χ3n) is 3.79. The first kappa shape index (κ1) is 14.0. The van der Waals surface area contributed by atoms with Gasteiger partial charge in [0.1, 0.15) is 0 Å². The molecule has 0 spiro atoms. The minimum atomic E-state index is 0.702. The molecule has 0 aromatic carbocycles. The van der Waals surface area contributed by atoms with Gasteiger partial charge in [-0.15, -0.1) is 0 Å². The predicted octanol–water partition coefficient (Wildman–Crippen LogP) is 2.89. The molecule has 1 saturated heterocycles. The lowest BCUT2D eigenvalue weighted by molar-refractivity contribution is 0.262. The van der Waals surface area contributed by atoms with E-state index in [1.165, 1.54) is 45.3 Å². The summed E-state index contributed by atoms with van der Waals surface area (Å²) in [6.07, 6.45) is 5.39. The van der Waals surface area contributed by atoms with Crippen molar-refractivity contribution >= 4 is 0 Å². The Hall–Kier alpha value is -0.0800. The Morgan fingerprint density at radius 2 is 2.06 bits per heavy atom. The average Bonchev–Trinajstić information content (AvgIpc) is 2.72. The molecule has 0 saturated carbocycles. The highest BCUT2D eigenvalue weighted by Crippen LogP contribution is 2.17. The number of nitrogens with zero attached hydrogens (tertiary/aromatic N) is 1. The maximum atomic E-state index is 3.69.